The molecule has 9 heteroatoms. The van der Waals surface area contributed by atoms with Crippen molar-refractivity contribution >= 4 is 27.6 Å². The highest BCUT2D eigenvalue weighted by molar-refractivity contribution is 7.91. The molecule has 1 atom stereocenters. The van der Waals surface area contributed by atoms with Gasteiger partial charge in [0.25, 0.3) is 17.7 Å². The maximum absolute atomic E-state index is 13.6. The third-order valence-electron chi connectivity index (χ3n) is 6.38. The molecule has 2 aromatic carbocycles. The van der Waals surface area contributed by atoms with Gasteiger partial charge in [-0.3, -0.25) is 19.3 Å². The van der Waals surface area contributed by atoms with E-state index in [2.05, 4.69) is 0 Å². The fourth-order valence-electron chi connectivity index (χ4n) is 4.54. The fourth-order valence-corrected chi connectivity index (χ4v) is 6.27. The summed E-state index contributed by atoms with van der Waals surface area (Å²) in [5.41, 5.74) is 1.63. The van der Waals surface area contributed by atoms with Crippen LogP contribution in [0.1, 0.15) is 62.8 Å². The van der Waals surface area contributed by atoms with Gasteiger partial charge < -0.3 is 9.64 Å². The van der Waals surface area contributed by atoms with Crippen LogP contribution in [0.3, 0.4) is 0 Å². The van der Waals surface area contributed by atoms with Crippen molar-refractivity contribution in [1.29, 1.82) is 0 Å². The molecule has 2 aliphatic heterocycles. The Bertz CT molecular complexity index is 1200. The summed E-state index contributed by atoms with van der Waals surface area (Å²) in [6, 6.07) is 11.3. The van der Waals surface area contributed by atoms with Crippen molar-refractivity contribution in [2.45, 2.75) is 38.8 Å². The first-order chi connectivity index (χ1) is 16.3. The molecule has 0 radical (unpaired) electrons. The van der Waals surface area contributed by atoms with Crippen molar-refractivity contribution in [3.63, 3.8) is 0 Å². The number of unbranched alkanes of at least 4 members (excludes halogenated alkanes) is 1. The lowest BCUT2D eigenvalue weighted by Gasteiger charge is -2.29. The van der Waals surface area contributed by atoms with Gasteiger partial charge in [0.1, 0.15) is 5.75 Å². The Balaban J connectivity index is 1.62. The standard InChI is InChI=1S/C25H28N2O6S/c1-3-4-12-26(18-11-13-34(31,32)16-18)25(30)21-14-17(9-10-22(21)33-2)15-27-23(28)19-7-5-6-8-20(19)24(27)29/h5-10,14,18H,3-4,11-13,15-16H2,1-2H3. The molecule has 2 heterocycles. The Hall–Kier alpha value is -3.20. The van der Waals surface area contributed by atoms with Crippen molar-refractivity contribution in [1.82, 2.24) is 9.80 Å². The van der Waals surface area contributed by atoms with E-state index in [0.29, 0.717) is 35.4 Å². The molecule has 2 aliphatic rings. The first kappa shape index (κ1) is 23.9. The van der Waals surface area contributed by atoms with E-state index in [1.165, 1.54) is 12.0 Å². The lowest BCUT2D eigenvalue weighted by Crippen LogP contribution is -2.42. The van der Waals surface area contributed by atoms with E-state index in [1.807, 2.05) is 6.92 Å². The summed E-state index contributed by atoms with van der Waals surface area (Å²) in [6.07, 6.45) is 2.02. The Morgan fingerprint density at radius 1 is 1.12 bits per heavy atom. The highest BCUT2D eigenvalue weighted by atomic mass is 32.2. The van der Waals surface area contributed by atoms with E-state index in [9.17, 15) is 22.8 Å². The highest BCUT2D eigenvalue weighted by Gasteiger charge is 2.37. The number of hydrogen-bond donors (Lipinski definition) is 0. The second-order valence-corrected chi connectivity index (χ2v) is 10.9. The number of hydrogen-bond acceptors (Lipinski definition) is 6. The van der Waals surface area contributed by atoms with Crippen LogP contribution in [0.5, 0.6) is 5.75 Å². The van der Waals surface area contributed by atoms with Crippen molar-refractivity contribution in [3.05, 3.63) is 64.7 Å². The Morgan fingerprint density at radius 2 is 1.79 bits per heavy atom. The summed E-state index contributed by atoms with van der Waals surface area (Å²) >= 11 is 0. The lowest BCUT2D eigenvalue weighted by molar-refractivity contribution is 0.0641. The first-order valence-corrected chi connectivity index (χ1v) is 13.2. The minimum Gasteiger partial charge on any atom is -0.496 e. The third kappa shape index (κ3) is 4.57. The molecule has 0 saturated carbocycles. The molecular formula is C25H28N2O6S. The number of nitrogens with zero attached hydrogens (tertiary/aromatic N) is 2. The average molecular weight is 485 g/mol. The second kappa shape index (κ2) is 9.58. The topological polar surface area (TPSA) is 101 Å². The van der Waals surface area contributed by atoms with Crippen LogP contribution < -0.4 is 4.74 Å². The van der Waals surface area contributed by atoms with Crippen LogP contribution >= 0.6 is 0 Å². The Kier molecular flexibility index (Phi) is 6.74. The van der Waals surface area contributed by atoms with Crippen molar-refractivity contribution in [3.8, 4) is 5.75 Å². The average Bonchev–Trinajstić information content (AvgIpc) is 3.31. The second-order valence-electron chi connectivity index (χ2n) is 8.69. The van der Waals surface area contributed by atoms with Crippen molar-refractivity contribution in [2.75, 3.05) is 25.2 Å². The third-order valence-corrected chi connectivity index (χ3v) is 8.13. The summed E-state index contributed by atoms with van der Waals surface area (Å²) in [5, 5.41) is 0. The minimum atomic E-state index is -3.17. The van der Waals surface area contributed by atoms with Gasteiger partial charge in [0.15, 0.2) is 9.84 Å². The summed E-state index contributed by atoms with van der Waals surface area (Å²) in [7, 11) is -1.70. The zero-order valence-electron chi connectivity index (χ0n) is 19.3. The summed E-state index contributed by atoms with van der Waals surface area (Å²) in [6.45, 7) is 2.47. The molecule has 0 aliphatic carbocycles. The van der Waals surface area contributed by atoms with Crippen LogP contribution in [0.15, 0.2) is 42.5 Å². The van der Waals surface area contributed by atoms with Crippen LogP contribution in [0, 0.1) is 0 Å². The number of benzene rings is 2. The zero-order valence-corrected chi connectivity index (χ0v) is 20.1. The fraction of sp³-hybridized carbons (Fsp3) is 0.400. The molecule has 3 amide bonds. The molecule has 1 fully saturated rings. The van der Waals surface area contributed by atoms with E-state index >= 15 is 0 Å². The van der Waals surface area contributed by atoms with Gasteiger partial charge in [-0.1, -0.05) is 31.5 Å². The molecular weight excluding hydrogens is 456 g/mol. The Morgan fingerprint density at radius 3 is 2.35 bits per heavy atom. The summed E-state index contributed by atoms with van der Waals surface area (Å²) < 4.78 is 29.6. The maximum atomic E-state index is 13.6. The van der Waals surface area contributed by atoms with Gasteiger partial charge in [-0.2, -0.15) is 0 Å². The van der Waals surface area contributed by atoms with Gasteiger partial charge in [-0.25, -0.2) is 8.42 Å². The van der Waals surface area contributed by atoms with E-state index in [1.54, 1.807) is 47.4 Å². The van der Waals surface area contributed by atoms with E-state index in [-0.39, 0.29) is 47.4 Å². The highest BCUT2D eigenvalue weighted by Crippen LogP contribution is 2.29. The molecule has 0 aromatic heterocycles. The maximum Gasteiger partial charge on any atom is 0.261 e. The molecule has 4 rings (SSSR count). The largest absolute Gasteiger partial charge is 0.496 e. The zero-order chi connectivity index (χ0) is 24.5. The van der Waals surface area contributed by atoms with Crippen molar-refractivity contribution in [2.24, 2.45) is 0 Å². The van der Waals surface area contributed by atoms with Crippen LogP contribution in [-0.4, -0.2) is 67.1 Å². The predicted octanol–water partition coefficient (Wildman–Crippen LogP) is 2.92. The van der Waals surface area contributed by atoms with Gasteiger partial charge in [0.2, 0.25) is 0 Å². The van der Waals surface area contributed by atoms with Crippen LogP contribution in [0.2, 0.25) is 0 Å². The number of amides is 3. The van der Waals surface area contributed by atoms with Gasteiger partial charge in [-0.15, -0.1) is 0 Å². The van der Waals surface area contributed by atoms with E-state index < -0.39 is 9.84 Å². The minimum absolute atomic E-state index is 0.0173. The van der Waals surface area contributed by atoms with E-state index in [0.717, 1.165) is 12.8 Å². The molecule has 1 saturated heterocycles. The molecule has 180 valence electrons. The number of carbonyl (C=O) groups excluding carboxylic acids is 3. The normalized spacial score (nSPS) is 18.8. The Labute approximate surface area is 199 Å². The quantitative estimate of drug-likeness (QED) is 0.534. The van der Waals surface area contributed by atoms with Gasteiger partial charge >= 0.3 is 0 Å². The molecule has 0 bridgehead atoms. The number of rotatable bonds is 8. The smallest absolute Gasteiger partial charge is 0.261 e. The number of fused-ring (bicyclic) bond motifs is 1. The van der Waals surface area contributed by atoms with E-state index in [4.69, 9.17) is 4.74 Å². The lowest BCUT2D eigenvalue weighted by atomic mass is 10.1. The molecule has 2 aromatic rings. The summed E-state index contributed by atoms with van der Waals surface area (Å²) in [5.74, 6) is -0.658. The number of methoxy groups -OCH3 is 1. The molecule has 8 nitrogen and oxygen atoms in total. The first-order valence-electron chi connectivity index (χ1n) is 11.4. The summed E-state index contributed by atoms with van der Waals surface area (Å²) in [4.78, 5) is 42.0. The van der Waals surface area contributed by atoms with Gasteiger partial charge in [-0.05, 0) is 42.7 Å². The predicted molar refractivity (Wildman–Crippen MR) is 127 cm³/mol. The molecule has 0 N–H and O–H groups in total. The van der Waals surface area contributed by atoms with Gasteiger partial charge in [0.05, 0.1) is 41.9 Å². The molecule has 1 unspecified atom stereocenters. The van der Waals surface area contributed by atoms with Crippen LogP contribution in [0.4, 0.5) is 0 Å². The SMILES string of the molecule is CCCCN(C(=O)c1cc(CN2C(=O)c3ccccc3C2=O)ccc1OC)C1CCS(=O)(=O)C1. The molecule has 0 spiro atoms. The van der Waals surface area contributed by atoms with Crippen LogP contribution in [0.25, 0.3) is 0 Å². The number of sulfone groups is 1. The number of imide groups is 1. The van der Waals surface area contributed by atoms with Crippen molar-refractivity contribution < 1.29 is 27.5 Å². The monoisotopic (exact) mass is 484 g/mol. The molecule has 34 heavy (non-hydrogen) atoms. The number of ether oxygens (including phenoxy) is 1. The van der Waals surface area contributed by atoms with Crippen LogP contribution in [-0.2, 0) is 16.4 Å². The number of carbonyl (C=O) groups is 3. The van der Waals surface area contributed by atoms with Gasteiger partial charge in [0, 0.05) is 12.6 Å².